The Kier molecular flexibility index (Phi) is 8.89. The molecular weight excluding hydrogens is 208 g/mol. The normalized spacial score (nSPS) is 12.7. The van der Waals surface area contributed by atoms with Crippen molar-refractivity contribution in [3.8, 4) is 0 Å². The van der Waals surface area contributed by atoms with Crippen molar-refractivity contribution in [3.63, 3.8) is 0 Å². The lowest BCUT2D eigenvalue weighted by Gasteiger charge is -2.26. The minimum absolute atomic E-state index is 0.665. The van der Waals surface area contributed by atoms with E-state index in [2.05, 4.69) is 58.8 Å². The van der Waals surface area contributed by atoms with E-state index >= 15 is 0 Å². The summed E-state index contributed by atoms with van der Waals surface area (Å²) in [6, 6.07) is 1.33. The van der Waals surface area contributed by atoms with Gasteiger partial charge in [-0.1, -0.05) is 27.7 Å². The lowest BCUT2D eigenvalue weighted by molar-refractivity contribution is 0.263. The molecule has 2 nitrogen and oxygen atoms in total. The standard InChI is InChI=1S/C15H34N2/c1-12(2)15(13(3)4)16-10-8-9-11-17(7)14(5)6/h12-16H,8-11H2,1-7H3. The molecule has 0 saturated carbocycles. The van der Waals surface area contributed by atoms with Gasteiger partial charge in [-0.15, -0.1) is 0 Å². The van der Waals surface area contributed by atoms with Crippen molar-refractivity contribution in [3.05, 3.63) is 0 Å². The number of nitrogens with one attached hydrogen (secondary N) is 1. The summed E-state index contributed by atoms with van der Waals surface area (Å²) >= 11 is 0. The van der Waals surface area contributed by atoms with Crippen LogP contribution in [0.5, 0.6) is 0 Å². The molecule has 0 aromatic carbocycles. The van der Waals surface area contributed by atoms with E-state index in [1.807, 2.05) is 0 Å². The highest BCUT2D eigenvalue weighted by Crippen LogP contribution is 2.11. The van der Waals surface area contributed by atoms with Crippen molar-refractivity contribution in [2.45, 2.75) is 66.5 Å². The third-order valence-electron chi connectivity index (χ3n) is 3.64. The maximum Gasteiger partial charge on any atom is 0.0113 e. The van der Waals surface area contributed by atoms with E-state index in [0.717, 1.165) is 18.4 Å². The zero-order valence-electron chi connectivity index (χ0n) is 13.1. The molecule has 0 rings (SSSR count). The maximum absolute atomic E-state index is 3.70. The quantitative estimate of drug-likeness (QED) is 0.624. The third-order valence-corrected chi connectivity index (χ3v) is 3.64. The molecule has 104 valence electrons. The Labute approximate surface area is 109 Å². The van der Waals surface area contributed by atoms with Gasteiger partial charge < -0.3 is 10.2 Å². The molecule has 0 aliphatic heterocycles. The minimum Gasteiger partial charge on any atom is -0.313 e. The molecule has 0 atom stereocenters. The molecule has 0 aromatic rings. The van der Waals surface area contributed by atoms with Gasteiger partial charge in [0.2, 0.25) is 0 Å². The summed E-state index contributed by atoms with van der Waals surface area (Å²) in [6.07, 6.45) is 2.58. The fourth-order valence-electron chi connectivity index (χ4n) is 2.25. The van der Waals surface area contributed by atoms with Gasteiger partial charge in [0, 0.05) is 12.1 Å². The van der Waals surface area contributed by atoms with Gasteiger partial charge >= 0.3 is 0 Å². The van der Waals surface area contributed by atoms with Crippen LogP contribution in [0, 0.1) is 11.8 Å². The Hall–Kier alpha value is -0.0800. The van der Waals surface area contributed by atoms with Crippen molar-refractivity contribution in [1.82, 2.24) is 10.2 Å². The first-order chi connectivity index (χ1) is 7.86. The van der Waals surface area contributed by atoms with E-state index in [1.54, 1.807) is 0 Å². The molecule has 0 saturated heterocycles. The van der Waals surface area contributed by atoms with Crippen molar-refractivity contribution in [2.24, 2.45) is 11.8 Å². The maximum atomic E-state index is 3.70. The Morgan fingerprint density at radius 3 is 1.82 bits per heavy atom. The first kappa shape index (κ1) is 16.9. The molecule has 2 heteroatoms. The van der Waals surface area contributed by atoms with E-state index in [1.165, 1.54) is 19.4 Å². The van der Waals surface area contributed by atoms with Crippen molar-refractivity contribution in [2.75, 3.05) is 20.1 Å². The van der Waals surface area contributed by atoms with Crippen molar-refractivity contribution >= 4 is 0 Å². The van der Waals surface area contributed by atoms with Gasteiger partial charge in [-0.05, 0) is 58.7 Å². The SMILES string of the molecule is CC(C)C(NCCCCN(C)C(C)C)C(C)C. The van der Waals surface area contributed by atoms with Gasteiger partial charge in [0.25, 0.3) is 0 Å². The lowest BCUT2D eigenvalue weighted by Crippen LogP contribution is -2.39. The predicted octanol–water partition coefficient (Wildman–Crippen LogP) is 3.38. The molecule has 0 unspecified atom stereocenters. The Morgan fingerprint density at radius 1 is 0.882 bits per heavy atom. The van der Waals surface area contributed by atoms with Crippen LogP contribution >= 0.6 is 0 Å². The van der Waals surface area contributed by atoms with Crippen LogP contribution in [0.4, 0.5) is 0 Å². The van der Waals surface area contributed by atoms with E-state index in [9.17, 15) is 0 Å². The number of unbranched alkanes of at least 4 members (excludes halogenated alkanes) is 1. The van der Waals surface area contributed by atoms with Crippen LogP contribution in [-0.2, 0) is 0 Å². The van der Waals surface area contributed by atoms with Crippen LogP contribution in [0.1, 0.15) is 54.4 Å². The van der Waals surface area contributed by atoms with Crippen LogP contribution in [-0.4, -0.2) is 37.1 Å². The molecule has 0 radical (unpaired) electrons. The molecule has 0 aliphatic carbocycles. The summed E-state index contributed by atoms with van der Waals surface area (Å²) in [5, 5.41) is 3.70. The first-order valence-electron chi connectivity index (χ1n) is 7.29. The molecule has 0 bridgehead atoms. The number of hydrogen-bond donors (Lipinski definition) is 1. The minimum atomic E-state index is 0.665. The van der Waals surface area contributed by atoms with Crippen molar-refractivity contribution < 1.29 is 0 Å². The average Bonchev–Trinajstić information content (AvgIpc) is 2.21. The second-order valence-corrected chi connectivity index (χ2v) is 6.25. The van der Waals surface area contributed by atoms with E-state index in [4.69, 9.17) is 0 Å². The second kappa shape index (κ2) is 8.93. The molecule has 0 spiro atoms. The number of nitrogens with zero attached hydrogens (tertiary/aromatic N) is 1. The highest BCUT2D eigenvalue weighted by Gasteiger charge is 2.15. The fraction of sp³-hybridized carbons (Fsp3) is 1.00. The van der Waals surface area contributed by atoms with Crippen molar-refractivity contribution in [1.29, 1.82) is 0 Å². The molecule has 17 heavy (non-hydrogen) atoms. The highest BCUT2D eigenvalue weighted by molar-refractivity contribution is 4.73. The second-order valence-electron chi connectivity index (χ2n) is 6.25. The predicted molar refractivity (Wildman–Crippen MR) is 78.5 cm³/mol. The average molecular weight is 242 g/mol. The summed E-state index contributed by atoms with van der Waals surface area (Å²) in [6.45, 7) is 16.1. The summed E-state index contributed by atoms with van der Waals surface area (Å²) in [5.74, 6) is 1.46. The van der Waals surface area contributed by atoms with E-state index in [0.29, 0.717) is 12.1 Å². The monoisotopic (exact) mass is 242 g/mol. The molecule has 0 fully saturated rings. The summed E-state index contributed by atoms with van der Waals surface area (Å²) < 4.78 is 0. The van der Waals surface area contributed by atoms with E-state index in [-0.39, 0.29) is 0 Å². The molecule has 0 aliphatic rings. The molecular formula is C15H34N2. The number of rotatable bonds is 9. The zero-order valence-corrected chi connectivity index (χ0v) is 13.1. The zero-order chi connectivity index (χ0) is 13.4. The van der Waals surface area contributed by atoms with Gasteiger partial charge in [-0.3, -0.25) is 0 Å². The van der Waals surface area contributed by atoms with Gasteiger partial charge in [0.05, 0.1) is 0 Å². The Balaban J connectivity index is 3.62. The highest BCUT2D eigenvalue weighted by atomic mass is 15.1. The van der Waals surface area contributed by atoms with Gasteiger partial charge in [-0.25, -0.2) is 0 Å². The molecule has 0 amide bonds. The van der Waals surface area contributed by atoms with Crippen LogP contribution < -0.4 is 5.32 Å². The molecule has 0 aromatic heterocycles. The van der Waals surface area contributed by atoms with Crippen LogP contribution in [0.25, 0.3) is 0 Å². The number of hydrogen-bond acceptors (Lipinski definition) is 2. The van der Waals surface area contributed by atoms with Gasteiger partial charge in [0.1, 0.15) is 0 Å². The van der Waals surface area contributed by atoms with Crippen LogP contribution in [0.3, 0.4) is 0 Å². The Morgan fingerprint density at radius 2 is 1.41 bits per heavy atom. The summed E-state index contributed by atoms with van der Waals surface area (Å²) in [7, 11) is 2.21. The molecule has 1 N–H and O–H groups in total. The van der Waals surface area contributed by atoms with Crippen LogP contribution in [0.15, 0.2) is 0 Å². The first-order valence-corrected chi connectivity index (χ1v) is 7.29. The fourth-order valence-corrected chi connectivity index (χ4v) is 2.25. The Bertz CT molecular complexity index is 168. The summed E-state index contributed by atoms with van der Waals surface area (Å²) in [4.78, 5) is 2.42. The van der Waals surface area contributed by atoms with E-state index < -0.39 is 0 Å². The van der Waals surface area contributed by atoms with Crippen LogP contribution in [0.2, 0.25) is 0 Å². The van der Waals surface area contributed by atoms with Gasteiger partial charge in [0.15, 0.2) is 0 Å². The smallest absolute Gasteiger partial charge is 0.0113 e. The third kappa shape index (κ3) is 7.77. The molecule has 0 heterocycles. The topological polar surface area (TPSA) is 15.3 Å². The van der Waals surface area contributed by atoms with Gasteiger partial charge in [-0.2, -0.15) is 0 Å². The lowest BCUT2D eigenvalue weighted by atomic mass is 9.93. The largest absolute Gasteiger partial charge is 0.313 e. The summed E-state index contributed by atoms with van der Waals surface area (Å²) in [5.41, 5.74) is 0.